The van der Waals surface area contributed by atoms with Crippen molar-refractivity contribution >= 4 is 23.6 Å². The number of amides is 2. The average molecular weight is 390 g/mol. The lowest BCUT2D eigenvalue weighted by Crippen LogP contribution is -2.35. The number of nitrogens with one attached hydrogen (secondary N) is 1. The molecule has 1 aliphatic heterocycles. The molecule has 1 aliphatic carbocycles. The summed E-state index contributed by atoms with van der Waals surface area (Å²) in [6.07, 6.45) is 1.60. The van der Waals surface area contributed by atoms with Crippen LogP contribution in [0, 0.1) is 6.92 Å². The number of halogens is 1. The molecule has 2 aliphatic rings. The molecule has 0 bridgehead atoms. The van der Waals surface area contributed by atoms with E-state index in [0.717, 1.165) is 18.4 Å². The van der Waals surface area contributed by atoms with Crippen LogP contribution in [0.2, 0.25) is 5.02 Å². The first-order valence-corrected chi connectivity index (χ1v) is 9.33. The van der Waals surface area contributed by atoms with Crippen molar-refractivity contribution in [3.05, 3.63) is 40.7 Å². The van der Waals surface area contributed by atoms with Crippen molar-refractivity contribution in [3.8, 4) is 11.5 Å². The van der Waals surface area contributed by atoms with E-state index in [1.165, 1.54) is 0 Å². The van der Waals surface area contributed by atoms with Gasteiger partial charge < -0.3 is 19.4 Å². The summed E-state index contributed by atoms with van der Waals surface area (Å²) in [7, 11) is 0. The first-order chi connectivity index (χ1) is 13.0. The molecule has 7 nitrogen and oxygen atoms in total. The zero-order valence-corrected chi connectivity index (χ0v) is 15.7. The molecule has 1 aromatic carbocycles. The molecule has 0 radical (unpaired) electrons. The second-order valence-electron chi connectivity index (χ2n) is 6.90. The Morgan fingerprint density at radius 3 is 2.78 bits per heavy atom. The van der Waals surface area contributed by atoms with Gasteiger partial charge in [0.25, 0.3) is 0 Å². The fraction of sp³-hybridized carbons (Fsp3) is 0.421. The Balaban J connectivity index is 1.32. The van der Waals surface area contributed by atoms with Gasteiger partial charge in [-0.3, -0.25) is 4.79 Å². The predicted molar refractivity (Wildman–Crippen MR) is 98.4 cm³/mol. The summed E-state index contributed by atoms with van der Waals surface area (Å²) >= 11 is 5.89. The minimum absolute atomic E-state index is 0.107. The van der Waals surface area contributed by atoms with Crippen molar-refractivity contribution in [1.29, 1.82) is 0 Å². The molecule has 0 spiro atoms. The Labute approximate surface area is 161 Å². The predicted octanol–water partition coefficient (Wildman–Crippen LogP) is 2.95. The van der Waals surface area contributed by atoms with E-state index in [1.54, 1.807) is 24.0 Å². The van der Waals surface area contributed by atoms with Crippen LogP contribution in [0.5, 0.6) is 0 Å². The minimum atomic E-state index is -0.301. The zero-order chi connectivity index (χ0) is 19.0. The van der Waals surface area contributed by atoms with Crippen LogP contribution in [0.3, 0.4) is 0 Å². The number of aromatic nitrogens is 1. The van der Waals surface area contributed by atoms with Crippen LogP contribution in [0.4, 0.5) is 4.79 Å². The number of oxazole rings is 1. The smallest absolute Gasteiger partial charge is 0.410 e. The van der Waals surface area contributed by atoms with Crippen LogP contribution in [0.25, 0.3) is 11.5 Å². The second-order valence-corrected chi connectivity index (χ2v) is 7.34. The van der Waals surface area contributed by atoms with Gasteiger partial charge in [0.1, 0.15) is 11.9 Å². The lowest BCUT2D eigenvalue weighted by molar-refractivity contribution is -0.120. The number of nitrogens with zero attached hydrogens (tertiary/aromatic N) is 2. The fourth-order valence-corrected chi connectivity index (χ4v) is 3.21. The molecule has 4 rings (SSSR count). The Morgan fingerprint density at radius 2 is 2.07 bits per heavy atom. The number of hydrogen-bond acceptors (Lipinski definition) is 5. The third-order valence-electron chi connectivity index (χ3n) is 4.73. The zero-order valence-electron chi connectivity index (χ0n) is 14.9. The SMILES string of the molecule is Cc1oc(-c2ccc(Cl)cc2)nc1CC(=O)NCC1CN(C2CC2)C(=O)O1. The molecule has 2 heterocycles. The molecule has 142 valence electrons. The average Bonchev–Trinajstić information content (AvgIpc) is 3.33. The molecule has 1 atom stereocenters. The highest BCUT2D eigenvalue weighted by Crippen LogP contribution is 2.30. The van der Waals surface area contributed by atoms with Crippen LogP contribution in [0.1, 0.15) is 24.3 Å². The lowest BCUT2D eigenvalue weighted by atomic mass is 10.2. The highest BCUT2D eigenvalue weighted by molar-refractivity contribution is 6.30. The van der Waals surface area contributed by atoms with Gasteiger partial charge >= 0.3 is 6.09 Å². The van der Waals surface area contributed by atoms with E-state index in [4.69, 9.17) is 20.8 Å². The first kappa shape index (κ1) is 17.9. The number of benzene rings is 1. The number of rotatable bonds is 6. The van der Waals surface area contributed by atoms with Crippen LogP contribution in [0.15, 0.2) is 28.7 Å². The lowest BCUT2D eigenvalue weighted by Gasteiger charge is -2.11. The number of carbonyl (C=O) groups excluding carboxylic acids is 2. The molecule has 1 aromatic heterocycles. The highest BCUT2D eigenvalue weighted by Gasteiger charge is 2.40. The van der Waals surface area contributed by atoms with Crippen LogP contribution in [-0.4, -0.2) is 47.1 Å². The molecule has 8 heteroatoms. The Bertz CT molecular complexity index is 860. The molecule has 27 heavy (non-hydrogen) atoms. The molecule has 2 aromatic rings. The quantitative estimate of drug-likeness (QED) is 0.821. The summed E-state index contributed by atoms with van der Waals surface area (Å²) in [6, 6.07) is 7.48. The molecular formula is C19H20ClN3O4. The molecule has 1 unspecified atom stereocenters. The Morgan fingerprint density at radius 1 is 1.33 bits per heavy atom. The Hall–Kier alpha value is -2.54. The summed E-state index contributed by atoms with van der Waals surface area (Å²) in [5.41, 5.74) is 1.38. The maximum Gasteiger partial charge on any atom is 0.410 e. The van der Waals surface area contributed by atoms with Crippen molar-refractivity contribution in [2.75, 3.05) is 13.1 Å². The van der Waals surface area contributed by atoms with Crippen molar-refractivity contribution in [2.45, 2.75) is 38.3 Å². The van der Waals surface area contributed by atoms with Crippen molar-refractivity contribution in [2.24, 2.45) is 0 Å². The first-order valence-electron chi connectivity index (χ1n) is 8.96. The highest BCUT2D eigenvalue weighted by atomic mass is 35.5. The molecule has 1 saturated carbocycles. The normalized spacial score (nSPS) is 19.3. The number of hydrogen-bond donors (Lipinski definition) is 1. The van der Waals surface area contributed by atoms with Crippen LogP contribution < -0.4 is 5.32 Å². The van der Waals surface area contributed by atoms with E-state index in [1.807, 2.05) is 12.1 Å². The van der Waals surface area contributed by atoms with Crippen molar-refractivity contribution < 1.29 is 18.7 Å². The van der Waals surface area contributed by atoms with E-state index in [9.17, 15) is 9.59 Å². The summed E-state index contributed by atoms with van der Waals surface area (Å²) in [5.74, 6) is 0.869. The standard InChI is InChI=1S/C19H20ClN3O4/c1-11-16(22-18(26-11)12-2-4-13(20)5-3-12)8-17(24)21-9-15-10-23(14-6-7-14)19(25)27-15/h2-5,14-15H,6-10H2,1H3,(H,21,24). The fourth-order valence-electron chi connectivity index (χ4n) is 3.08. The summed E-state index contributed by atoms with van der Waals surface area (Å²) in [4.78, 5) is 30.2. The number of cyclic esters (lactones) is 1. The summed E-state index contributed by atoms with van der Waals surface area (Å²) in [5, 5.41) is 3.45. The maximum atomic E-state index is 12.3. The van der Waals surface area contributed by atoms with Gasteiger partial charge in [0.05, 0.1) is 25.2 Å². The minimum Gasteiger partial charge on any atom is -0.442 e. The van der Waals surface area contributed by atoms with Gasteiger partial charge in [-0.15, -0.1) is 0 Å². The largest absolute Gasteiger partial charge is 0.442 e. The second kappa shape index (κ2) is 7.23. The van der Waals surface area contributed by atoms with Gasteiger partial charge in [-0.2, -0.15) is 0 Å². The van der Waals surface area contributed by atoms with E-state index >= 15 is 0 Å². The molecular weight excluding hydrogens is 370 g/mol. The third kappa shape index (κ3) is 4.08. The molecule has 1 saturated heterocycles. The monoisotopic (exact) mass is 389 g/mol. The van der Waals surface area contributed by atoms with Crippen molar-refractivity contribution in [1.82, 2.24) is 15.2 Å². The van der Waals surface area contributed by atoms with Crippen LogP contribution in [-0.2, 0) is 16.0 Å². The van der Waals surface area contributed by atoms with Gasteiger partial charge in [0.2, 0.25) is 11.8 Å². The van der Waals surface area contributed by atoms with Gasteiger partial charge in [-0.1, -0.05) is 11.6 Å². The molecule has 2 amide bonds. The maximum absolute atomic E-state index is 12.3. The summed E-state index contributed by atoms with van der Waals surface area (Å²) < 4.78 is 11.0. The van der Waals surface area contributed by atoms with Gasteiger partial charge in [-0.05, 0) is 44.0 Å². The molecule has 1 N–H and O–H groups in total. The topological polar surface area (TPSA) is 84.7 Å². The van der Waals surface area contributed by atoms with Crippen LogP contribution >= 0.6 is 11.6 Å². The van der Waals surface area contributed by atoms with E-state index in [-0.39, 0.29) is 24.5 Å². The van der Waals surface area contributed by atoms with Gasteiger partial charge in [0.15, 0.2) is 0 Å². The van der Waals surface area contributed by atoms with Crippen molar-refractivity contribution in [3.63, 3.8) is 0 Å². The number of carbonyl (C=O) groups is 2. The van der Waals surface area contributed by atoms with E-state index in [2.05, 4.69) is 10.3 Å². The molecule has 2 fully saturated rings. The van der Waals surface area contributed by atoms with Gasteiger partial charge in [0, 0.05) is 16.6 Å². The number of aryl methyl sites for hydroxylation is 1. The number of ether oxygens (including phenoxy) is 1. The van der Waals surface area contributed by atoms with E-state index in [0.29, 0.717) is 41.5 Å². The summed E-state index contributed by atoms with van der Waals surface area (Å²) in [6.45, 7) is 2.61. The third-order valence-corrected chi connectivity index (χ3v) is 4.98. The van der Waals surface area contributed by atoms with E-state index < -0.39 is 0 Å². The van der Waals surface area contributed by atoms with Gasteiger partial charge in [-0.25, -0.2) is 9.78 Å². The Kier molecular flexibility index (Phi) is 4.78.